The smallest absolute Gasteiger partial charge is 0.314 e. The minimum atomic E-state index is -0.953. The first kappa shape index (κ1) is 12.0. The maximum absolute atomic E-state index is 11.1. The molecule has 88 valence electrons. The van der Waals surface area contributed by atoms with Gasteiger partial charge in [0.1, 0.15) is 0 Å². The fourth-order valence-corrected chi connectivity index (χ4v) is 0.935. The van der Waals surface area contributed by atoms with Crippen molar-refractivity contribution < 1.29 is 19.2 Å². The zero-order chi connectivity index (χ0) is 11.8. The maximum Gasteiger partial charge on any atom is 0.314 e. The summed E-state index contributed by atoms with van der Waals surface area (Å²) in [7, 11) is 0. The zero-order valence-electron chi connectivity index (χ0n) is 8.47. The average Bonchev–Trinajstić information content (AvgIpc) is 2.70. The first-order chi connectivity index (χ1) is 7.68. The number of aromatic nitrogens is 2. The molecular weight excluding hydrogens is 216 g/mol. The van der Waals surface area contributed by atoms with E-state index in [1.807, 2.05) is 0 Å². The third kappa shape index (κ3) is 4.94. The second-order valence-electron chi connectivity index (χ2n) is 2.91. The van der Waals surface area contributed by atoms with Crippen LogP contribution in [0.1, 0.15) is 12.3 Å². The minimum absolute atomic E-state index is 0.0989. The predicted molar refractivity (Wildman–Crippen MR) is 51.7 cm³/mol. The Morgan fingerprint density at radius 2 is 2.12 bits per heavy atom. The van der Waals surface area contributed by atoms with E-state index in [4.69, 9.17) is 9.63 Å². The fraction of sp³-hybridized carbons (Fsp3) is 0.500. The summed E-state index contributed by atoms with van der Waals surface area (Å²) < 4.78 is 4.72. The normalized spacial score (nSPS) is 9.75. The molecule has 1 aromatic rings. The highest BCUT2D eigenvalue weighted by atomic mass is 16.5. The number of nitrogens with zero attached hydrogens (tertiary/aromatic N) is 2. The number of carbonyl (C=O) groups is 2. The Bertz CT molecular complexity index is 338. The molecule has 16 heavy (non-hydrogen) atoms. The third-order valence-electron chi connectivity index (χ3n) is 1.66. The largest absolute Gasteiger partial charge is 0.481 e. The van der Waals surface area contributed by atoms with E-state index < -0.39 is 12.0 Å². The van der Waals surface area contributed by atoms with Gasteiger partial charge in [-0.05, 0) is 0 Å². The van der Waals surface area contributed by atoms with Crippen molar-refractivity contribution >= 4 is 12.0 Å². The lowest BCUT2D eigenvalue weighted by atomic mass is 10.4. The molecule has 0 saturated carbocycles. The number of hydrogen-bond acceptors (Lipinski definition) is 5. The topological polar surface area (TPSA) is 117 Å². The van der Waals surface area contributed by atoms with E-state index in [2.05, 4.69) is 20.8 Å². The van der Waals surface area contributed by atoms with Crippen LogP contribution in [-0.4, -0.2) is 40.3 Å². The van der Waals surface area contributed by atoms with E-state index in [9.17, 15) is 9.59 Å². The second kappa shape index (κ2) is 6.38. The van der Waals surface area contributed by atoms with Crippen LogP contribution in [0.15, 0.2) is 10.9 Å². The maximum atomic E-state index is 11.1. The van der Waals surface area contributed by atoms with Gasteiger partial charge in [0.05, 0.1) is 6.42 Å². The van der Waals surface area contributed by atoms with Gasteiger partial charge in [-0.2, -0.15) is 4.98 Å². The van der Waals surface area contributed by atoms with Gasteiger partial charge in [0.15, 0.2) is 6.33 Å². The molecule has 1 aromatic heterocycles. The molecule has 0 unspecified atom stereocenters. The summed E-state index contributed by atoms with van der Waals surface area (Å²) in [6, 6.07) is -0.416. The molecule has 2 amide bonds. The van der Waals surface area contributed by atoms with Crippen LogP contribution in [0.25, 0.3) is 0 Å². The summed E-state index contributed by atoms with van der Waals surface area (Å²) in [6.45, 7) is 0.447. The van der Waals surface area contributed by atoms with Gasteiger partial charge < -0.3 is 20.3 Å². The molecule has 8 heteroatoms. The molecule has 1 rings (SSSR count). The molecule has 0 aliphatic carbocycles. The molecule has 0 aromatic carbocycles. The first-order valence-electron chi connectivity index (χ1n) is 4.67. The fourth-order valence-electron chi connectivity index (χ4n) is 0.935. The quantitative estimate of drug-likeness (QED) is 0.597. The van der Waals surface area contributed by atoms with Crippen LogP contribution in [-0.2, 0) is 11.2 Å². The first-order valence-corrected chi connectivity index (χ1v) is 4.67. The number of nitrogens with one attached hydrogen (secondary N) is 2. The molecule has 0 fully saturated rings. The van der Waals surface area contributed by atoms with Crippen LogP contribution < -0.4 is 10.6 Å². The van der Waals surface area contributed by atoms with Gasteiger partial charge in [-0.15, -0.1) is 0 Å². The lowest BCUT2D eigenvalue weighted by Crippen LogP contribution is -2.37. The molecule has 0 aliphatic rings. The van der Waals surface area contributed by atoms with Crippen molar-refractivity contribution in [3.8, 4) is 0 Å². The molecule has 0 aliphatic heterocycles. The lowest BCUT2D eigenvalue weighted by Gasteiger charge is -2.04. The molecule has 0 atom stereocenters. The number of aliphatic carboxylic acids is 1. The Labute approximate surface area is 91.0 Å². The van der Waals surface area contributed by atoms with Gasteiger partial charge in [-0.25, -0.2) is 4.79 Å². The van der Waals surface area contributed by atoms with E-state index in [1.54, 1.807) is 0 Å². The molecule has 3 N–H and O–H groups in total. The van der Waals surface area contributed by atoms with E-state index in [0.717, 1.165) is 0 Å². The van der Waals surface area contributed by atoms with Gasteiger partial charge in [0.25, 0.3) is 0 Å². The predicted octanol–water partition coefficient (Wildman–Crippen LogP) is -0.614. The van der Waals surface area contributed by atoms with Crippen molar-refractivity contribution in [3.63, 3.8) is 0 Å². The number of hydrogen-bond donors (Lipinski definition) is 3. The monoisotopic (exact) mass is 228 g/mol. The molecule has 8 nitrogen and oxygen atoms in total. The summed E-state index contributed by atoms with van der Waals surface area (Å²) in [5.74, 6) is -0.517. The number of carbonyl (C=O) groups excluding carboxylic acids is 1. The van der Waals surface area contributed by atoms with Crippen LogP contribution >= 0.6 is 0 Å². The van der Waals surface area contributed by atoms with Crippen molar-refractivity contribution in [1.82, 2.24) is 20.8 Å². The Kier molecular flexibility index (Phi) is 4.77. The Hall–Kier alpha value is -2.12. The highest BCUT2D eigenvalue weighted by molar-refractivity contribution is 5.74. The van der Waals surface area contributed by atoms with Gasteiger partial charge in [0, 0.05) is 19.5 Å². The van der Waals surface area contributed by atoms with Crippen molar-refractivity contribution in [1.29, 1.82) is 0 Å². The van der Waals surface area contributed by atoms with Crippen LogP contribution in [0.5, 0.6) is 0 Å². The summed E-state index contributed by atoms with van der Waals surface area (Å²) in [5, 5.41) is 16.7. The van der Waals surface area contributed by atoms with Crippen LogP contribution in [0.2, 0.25) is 0 Å². The van der Waals surface area contributed by atoms with Crippen LogP contribution in [0.4, 0.5) is 4.79 Å². The lowest BCUT2D eigenvalue weighted by molar-refractivity contribution is -0.136. The van der Waals surface area contributed by atoms with E-state index in [-0.39, 0.29) is 13.0 Å². The van der Waals surface area contributed by atoms with Gasteiger partial charge in [0.2, 0.25) is 5.89 Å². The number of carboxylic acids is 1. The zero-order valence-corrected chi connectivity index (χ0v) is 8.47. The van der Waals surface area contributed by atoms with Crippen LogP contribution in [0, 0.1) is 0 Å². The van der Waals surface area contributed by atoms with Crippen molar-refractivity contribution in [3.05, 3.63) is 12.2 Å². The highest BCUT2D eigenvalue weighted by Gasteiger charge is 2.03. The molecule has 0 radical (unpaired) electrons. The van der Waals surface area contributed by atoms with Crippen LogP contribution in [0.3, 0.4) is 0 Å². The summed E-state index contributed by atoms with van der Waals surface area (Å²) in [6.07, 6.45) is 1.62. The third-order valence-corrected chi connectivity index (χ3v) is 1.66. The average molecular weight is 228 g/mol. The van der Waals surface area contributed by atoms with Gasteiger partial charge in [-0.3, -0.25) is 4.79 Å². The van der Waals surface area contributed by atoms with Crippen molar-refractivity contribution in [2.45, 2.75) is 12.8 Å². The number of carboxylic acid groups (broad SMARTS) is 1. The molecule has 1 heterocycles. The minimum Gasteiger partial charge on any atom is -0.481 e. The van der Waals surface area contributed by atoms with Crippen molar-refractivity contribution in [2.24, 2.45) is 0 Å². The number of urea groups is 1. The number of amides is 2. The SMILES string of the molecule is O=C(O)CCNC(=O)NCCc1ncno1. The second-order valence-corrected chi connectivity index (χ2v) is 2.91. The molecular formula is C8H12N4O4. The summed E-state index contributed by atoms with van der Waals surface area (Å²) >= 11 is 0. The van der Waals surface area contributed by atoms with Gasteiger partial charge >= 0.3 is 12.0 Å². The van der Waals surface area contributed by atoms with E-state index >= 15 is 0 Å². The molecule has 0 saturated heterocycles. The molecule has 0 spiro atoms. The van der Waals surface area contributed by atoms with Gasteiger partial charge in [-0.1, -0.05) is 5.16 Å². The standard InChI is InChI=1S/C8H12N4O4/c13-7(14)2-4-10-8(15)9-3-1-6-11-5-12-16-6/h5H,1-4H2,(H,13,14)(H2,9,10,15). The Morgan fingerprint density at radius 1 is 1.38 bits per heavy atom. The van der Waals surface area contributed by atoms with Crippen molar-refractivity contribution in [2.75, 3.05) is 13.1 Å². The Morgan fingerprint density at radius 3 is 2.75 bits per heavy atom. The number of rotatable bonds is 6. The summed E-state index contributed by atoms with van der Waals surface area (Å²) in [5.41, 5.74) is 0. The molecule has 0 bridgehead atoms. The van der Waals surface area contributed by atoms with E-state index in [0.29, 0.717) is 18.9 Å². The highest BCUT2D eigenvalue weighted by Crippen LogP contribution is 1.90. The summed E-state index contributed by atoms with van der Waals surface area (Å²) in [4.78, 5) is 25.0. The van der Waals surface area contributed by atoms with E-state index in [1.165, 1.54) is 6.33 Å². The Balaban J connectivity index is 2.04.